The molecule has 0 spiro atoms. The minimum atomic E-state index is 0.106. The maximum atomic E-state index is 10.3. The molecule has 1 N–H and O–H groups in total. The number of ether oxygens (including phenoxy) is 2. The number of morpholine rings is 1. The van der Waals surface area contributed by atoms with Crippen molar-refractivity contribution in [1.82, 2.24) is 10.2 Å². The lowest BCUT2D eigenvalue weighted by molar-refractivity contribution is -0.110. The van der Waals surface area contributed by atoms with Crippen molar-refractivity contribution < 1.29 is 14.3 Å². The molecule has 1 atom stereocenters. The van der Waals surface area contributed by atoms with Gasteiger partial charge in [-0.3, -0.25) is 9.69 Å². The number of carbonyl (C=O) groups is 1. The van der Waals surface area contributed by atoms with Gasteiger partial charge in [0.15, 0.2) is 0 Å². The molecule has 1 rings (SSSR count). The molecule has 0 radical (unpaired) electrons. The van der Waals surface area contributed by atoms with Gasteiger partial charge in [-0.2, -0.15) is 0 Å². The fraction of sp³-hybridized carbons (Fsp3) is 0.947. The Bertz CT molecular complexity index is 301. The summed E-state index contributed by atoms with van der Waals surface area (Å²) in [6.45, 7) is 19.0. The van der Waals surface area contributed by atoms with Crippen molar-refractivity contribution in [2.45, 2.75) is 60.5 Å². The van der Waals surface area contributed by atoms with Gasteiger partial charge in [-0.1, -0.05) is 41.5 Å². The molecule has 0 aliphatic carbocycles. The second kappa shape index (κ2) is 13.6. The van der Waals surface area contributed by atoms with Gasteiger partial charge in [0.05, 0.1) is 19.3 Å². The van der Waals surface area contributed by atoms with Crippen LogP contribution in [0.1, 0.15) is 54.4 Å². The van der Waals surface area contributed by atoms with Crippen molar-refractivity contribution in [1.29, 1.82) is 0 Å². The lowest BCUT2D eigenvalue weighted by Gasteiger charge is -2.32. The molecule has 144 valence electrons. The van der Waals surface area contributed by atoms with E-state index in [0.29, 0.717) is 12.0 Å². The summed E-state index contributed by atoms with van der Waals surface area (Å²) in [6.07, 6.45) is 3.15. The highest BCUT2D eigenvalue weighted by Crippen LogP contribution is 2.20. The first-order valence-electron chi connectivity index (χ1n) is 9.33. The highest BCUT2D eigenvalue weighted by molar-refractivity contribution is 5.45. The molecule has 24 heavy (non-hydrogen) atoms. The summed E-state index contributed by atoms with van der Waals surface area (Å²) in [4.78, 5) is 12.6. The zero-order valence-corrected chi connectivity index (χ0v) is 16.8. The summed E-state index contributed by atoms with van der Waals surface area (Å²) in [6, 6.07) is 0. The van der Waals surface area contributed by atoms with Crippen LogP contribution in [0.15, 0.2) is 0 Å². The van der Waals surface area contributed by atoms with Crippen molar-refractivity contribution in [3.8, 4) is 0 Å². The third kappa shape index (κ3) is 16.2. The Kier molecular flexibility index (Phi) is 13.3. The zero-order valence-electron chi connectivity index (χ0n) is 16.8. The van der Waals surface area contributed by atoms with E-state index in [9.17, 15) is 4.79 Å². The second-order valence-corrected chi connectivity index (χ2v) is 8.33. The summed E-state index contributed by atoms with van der Waals surface area (Å²) in [7, 11) is 0. The van der Waals surface area contributed by atoms with Crippen LogP contribution in [-0.2, 0) is 14.3 Å². The molecule has 0 aromatic carbocycles. The molecule has 1 unspecified atom stereocenters. The van der Waals surface area contributed by atoms with Gasteiger partial charge in [0.2, 0.25) is 6.41 Å². The maximum Gasteiger partial charge on any atom is 0.207 e. The van der Waals surface area contributed by atoms with Crippen molar-refractivity contribution in [2.24, 2.45) is 11.3 Å². The summed E-state index contributed by atoms with van der Waals surface area (Å²) < 4.78 is 11.3. The van der Waals surface area contributed by atoms with E-state index >= 15 is 0 Å². The lowest BCUT2D eigenvalue weighted by Crippen LogP contribution is -2.47. The predicted octanol–water partition coefficient (Wildman–Crippen LogP) is 2.94. The molecule has 1 aliphatic rings. The largest absolute Gasteiger partial charge is 0.380 e. The van der Waals surface area contributed by atoms with E-state index in [-0.39, 0.29) is 6.10 Å². The Balaban J connectivity index is 0.00000118. The first-order chi connectivity index (χ1) is 11.2. The quantitative estimate of drug-likeness (QED) is 0.516. The van der Waals surface area contributed by atoms with Gasteiger partial charge < -0.3 is 14.8 Å². The molecule has 1 saturated heterocycles. The van der Waals surface area contributed by atoms with Gasteiger partial charge in [-0.25, -0.2) is 0 Å². The van der Waals surface area contributed by atoms with Crippen LogP contribution in [0.25, 0.3) is 0 Å². The molecule has 0 aromatic rings. The van der Waals surface area contributed by atoms with Gasteiger partial charge in [0.1, 0.15) is 0 Å². The molecule has 1 heterocycles. The number of hydrogen-bond donors (Lipinski definition) is 1. The predicted molar refractivity (Wildman–Crippen MR) is 100 cm³/mol. The van der Waals surface area contributed by atoms with Crippen molar-refractivity contribution in [2.75, 3.05) is 46.0 Å². The van der Waals surface area contributed by atoms with Crippen LogP contribution < -0.4 is 5.32 Å². The van der Waals surface area contributed by atoms with Gasteiger partial charge in [0, 0.05) is 32.8 Å². The van der Waals surface area contributed by atoms with Crippen LogP contribution >= 0.6 is 0 Å². The van der Waals surface area contributed by atoms with E-state index in [0.717, 1.165) is 58.2 Å². The van der Waals surface area contributed by atoms with E-state index in [2.05, 4.69) is 51.8 Å². The summed E-state index contributed by atoms with van der Waals surface area (Å²) in [5.41, 5.74) is 0.395. The SMILES string of the molecule is CC(C)(C)CCCOCCN1CCOC(CNC=O)C1.CC(C)C. The van der Waals surface area contributed by atoms with Gasteiger partial charge >= 0.3 is 0 Å². The molecular weight excluding hydrogens is 304 g/mol. The average molecular weight is 345 g/mol. The van der Waals surface area contributed by atoms with E-state index in [1.807, 2.05) is 0 Å². The number of amides is 1. The topological polar surface area (TPSA) is 50.8 Å². The normalized spacial score (nSPS) is 18.9. The van der Waals surface area contributed by atoms with Crippen molar-refractivity contribution in [3.63, 3.8) is 0 Å². The Labute approximate surface area is 149 Å². The first-order valence-corrected chi connectivity index (χ1v) is 9.33. The molecule has 0 saturated carbocycles. The fourth-order valence-corrected chi connectivity index (χ4v) is 2.29. The lowest BCUT2D eigenvalue weighted by atomic mass is 9.91. The van der Waals surface area contributed by atoms with E-state index in [1.54, 1.807) is 0 Å². The summed E-state index contributed by atoms with van der Waals surface area (Å²) in [5, 5.41) is 2.67. The first kappa shape index (κ1) is 23.4. The fourth-order valence-electron chi connectivity index (χ4n) is 2.29. The van der Waals surface area contributed by atoms with E-state index in [4.69, 9.17) is 9.47 Å². The minimum Gasteiger partial charge on any atom is -0.380 e. The summed E-state index contributed by atoms with van der Waals surface area (Å²) in [5.74, 6) is 0.833. The van der Waals surface area contributed by atoms with Crippen LogP contribution in [0.5, 0.6) is 0 Å². The number of rotatable bonds is 9. The van der Waals surface area contributed by atoms with E-state index in [1.165, 1.54) is 6.42 Å². The number of nitrogens with one attached hydrogen (secondary N) is 1. The molecular formula is C19H40N2O3. The standard InChI is InChI=1S/C15H30N2O3.C4H10/c1-15(2,3)5-4-8-19-9-6-17-7-10-20-14(12-17)11-16-13-18;1-4(2)3/h13-14H,4-12H2,1-3H3,(H,16,18);4H,1-3H3. The molecule has 1 fully saturated rings. The molecule has 0 bridgehead atoms. The monoisotopic (exact) mass is 344 g/mol. The Morgan fingerprint density at radius 1 is 1.29 bits per heavy atom. The van der Waals surface area contributed by atoms with Crippen LogP contribution in [0.3, 0.4) is 0 Å². The van der Waals surface area contributed by atoms with Crippen LogP contribution in [0.2, 0.25) is 0 Å². The highest BCUT2D eigenvalue weighted by Gasteiger charge is 2.19. The van der Waals surface area contributed by atoms with Crippen molar-refractivity contribution in [3.05, 3.63) is 0 Å². The summed E-state index contributed by atoms with van der Waals surface area (Å²) >= 11 is 0. The van der Waals surface area contributed by atoms with Crippen LogP contribution in [0, 0.1) is 11.3 Å². The minimum absolute atomic E-state index is 0.106. The Morgan fingerprint density at radius 2 is 1.96 bits per heavy atom. The molecule has 5 nitrogen and oxygen atoms in total. The third-order valence-corrected chi connectivity index (χ3v) is 3.42. The number of hydrogen-bond acceptors (Lipinski definition) is 4. The molecule has 1 amide bonds. The number of carbonyl (C=O) groups excluding carboxylic acids is 1. The smallest absolute Gasteiger partial charge is 0.207 e. The van der Waals surface area contributed by atoms with Crippen molar-refractivity contribution >= 4 is 6.41 Å². The highest BCUT2D eigenvalue weighted by atomic mass is 16.5. The van der Waals surface area contributed by atoms with Gasteiger partial charge in [0.25, 0.3) is 0 Å². The van der Waals surface area contributed by atoms with Crippen LogP contribution in [0.4, 0.5) is 0 Å². The Morgan fingerprint density at radius 3 is 2.54 bits per heavy atom. The maximum absolute atomic E-state index is 10.3. The zero-order chi connectivity index (χ0) is 18.4. The second-order valence-electron chi connectivity index (χ2n) is 8.33. The average Bonchev–Trinajstić information content (AvgIpc) is 2.47. The number of nitrogens with zero attached hydrogens (tertiary/aromatic N) is 1. The molecule has 0 aromatic heterocycles. The van der Waals surface area contributed by atoms with E-state index < -0.39 is 0 Å². The van der Waals surface area contributed by atoms with Gasteiger partial charge in [-0.05, 0) is 24.2 Å². The van der Waals surface area contributed by atoms with Crippen LogP contribution in [-0.4, -0.2) is 63.4 Å². The Hall–Kier alpha value is -0.650. The van der Waals surface area contributed by atoms with Gasteiger partial charge in [-0.15, -0.1) is 0 Å². The third-order valence-electron chi connectivity index (χ3n) is 3.42. The molecule has 1 aliphatic heterocycles. The molecule has 5 heteroatoms.